The monoisotopic (exact) mass is 338 g/mol. The van der Waals surface area contributed by atoms with Crippen molar-refractivity contribution in [3.8, 4) is 5.75 Å². The molecule has 20 heavy (non-hydrogen) atoms. The number of aryl methyl sites for hydroxylation is 1. The van der Waals surface area contributed by atoms with E-state index in [4.69, 9.17) is 4.74 Å². The van der Waals surface area contributed by atoms with Gasteiger partial charge in [-0.1, -0.05) is 15.9 Å². The Hall–Kier alpha value is -1.46. The predicted molar refractivity (Wildman–Crippen MR) is 80.2 cm³/mol. The predicted octanol–water partition coefficient (Wildman–Crippen LogP) is 3.59. The van der Waals surface area contributed by atoms with Gasteiger partial charge in [0.25, 0.3) is 0 Å². The van der Waals surface area contributed by atoms with Crippen LogP contribution in [-0.4, -0.2) is 12.0 Å². The van der Waals surface area contributed by atoms with Gasteiger partial charge in [-0.2, -0.15) is 0 Å². The highest BCUT2D eigenvalue weighted by molar-refractivity contribution is 9.10. The van der Waals surface area contributed by atoms with Crippen molar-refractivity contribution in [2.24, 2.45) is 0 Å². The number of nitrogens with one attached hydrogen (secondary N) is 1. The van der Waals surface area contributed by atoms with E-state index in [1.807, 2.05) is 26.1 Å². The summed E-state index contributed by atoms with van der Waals surface area (Å²) in [4.78, 5) is 3.82. The van der Waals surface area contributed by atoms with Gasteiger partial charge < -0.3 is 10.1 Å². The van der Waals surface area contributed by atoms with Gasteiger partial charge in [0.1, 0.15) is 18.2 Å². The van der Waals surface area contributed by atoms with Crippen LogP contribution < -0.4 is 10.1 Å². The van der Waals surface area contributed by atoms with Crippen LogP contribution >= 0.6 is 15.9 Å². The van der Waals surface area contributed by atoms with Crippen LogP contribution in [0.25, 0.3) is 0 Å². The maximum Gasteiger partial charge on any atom is 0.141 e. The summed E-state index contributed by atoms with van der Waals surface area (Å²) in [5, 5.41) is 3.11. The van der Waals surface area contributed by atoms with Crippen LogP contribution in [0.4, 0.5) is 4.39 Å². The quantitative estimate of drug-likeness (QED) is 0.904. The molecule has 0 bridgehead atoms. The van der Waals surface area contributed by atoms with Crippen molar-refractivity contribution < 1.29 is 9.13 Å². The Kier molecular flexibility index (Phi) is 5.09. The molecule has 0 saturated heterocycles. The molecule has 0 aliphatic heterocycles. The summed E-state index contributed by atoms with van der Waals surface area (Å²) in [5.41, 5.74) is 2.81. The molecular weight excluding hydrogens is 323 g/mol. The summed E-state index contributed by atoms with van der Waals surface area (Å²) in [6.45, 7) is 2.99. The second kappa shape index (κ2) is 6.81. The van der Waals surface area contributed by atoms with Gasteiger partial charge in [-0.05, 0) is 37.7 Å². The van der Waals surface area contributed by atoms with E-state index < -0.39 is 0 Å². The molecule has 0 spiro atoms. The molecule has 0 amide bonds. The summed E-state index contributed by atoms with van der Waals surface area (Å²) in [7, 11) is 1.89. The van der Waals surface area contributed by atoms with Crippen molar-refractivity contribution >= 4 is 15.9 Å². The number of rotatable bonds is 5. The first-order chi connectivity index (χ1) is 9.60. The second-order valence-electron chi connectivity index (χ2n) is 4.54. The van der Waals surface area contributed by atoms with Crippen LogP contribution in [0.1, 0.15) is 16.7 Å². The molecule has 0 saturated carbocycles. The number of pyridine rings is 1. The molecule has 0 aliphatic carbocycles. The Bertz CT molecular complexity index is 604. The summed E-state index contributed by atoms with van der Waals surface area (Å²) < 4.78 is 20.0. The molecule has 1 aromatic carbocycles. The van der Waals surface area contributed by atoms with Crippen molar-refractivity contribution in [1.82, 2.24) is 10.3 Å². The van der Waals surface area contributed by atoms with Crippen LogP contribution in [0.3, 0.4) is 0 Å². The van der Waals surface area contributed by atoms with Crippen molar-refractivity contribution in [3.63, 3.8) is 0 Å². The highest BCUT2D eigenvalue weighted by atomic mass is 79.9. The van der Waals surface area contributed by atoms with Crippen molar-refractivity contribution in [2.45, 2.75) is 20.1 Å². The molecule has 0 unspecified atom stereocenters. The second-order valence-corrected chi connectivity index (χ2v) is 5.46. The van der Waals surface area contributed by atoms with E-state index in [0.29, 0.717) is 18.7 Å². The maximum atomic E-state index is 13.1. The summed E-state index contributed by atoms with van der Waals surface area (Å²) in [6.07, 6.45) is 2.79. The number of halogens is 2. The van der Waals surface area contributed by atoms with E-state index in [-0.39, 0.29) is 5.82 Å². The highest BCUT2D eigenvalue weighted by Gasteiger charge is 2.09. The lowest BCUT2D eigenvalue weighted by molar-refractivity contribution is 0.299. The van der Waals surface area contributed by atoms with Crippen molar-refractivity contribution in [2.75, 3.05) is 7.05 Å². The van der Waals surface area contributed by atoms with Crippen LogP contribution in [0.5, 0.6) is 5.75 Å². The van der Waals surface area contributed by atoms with Crippen molar-refractivity contribution in [3.05, 3.63) is 57.6 Å². The van der Waals surface area contributed by atoms with Gasteiger partial charge in [0, 0.05) is 28.3 Å². The number of hydrogen-bond acceptors (Lipinski definition) is 3. The summed E-state index contributed by atoms with van der Waals surface area (Å²) >= 11 is 3.48. The number of ether oxygens (including phenoxy) is 1. The Morgan fingerprint density at radius 3 is 2.80 bits per heavy atom. The van der Waals surface area contributed by atoms with E-state index in [9.17, 15) is 4.39 Å². The fraction of sp³-hybridized carbons (Fsp3) is 0.267. The minimum atomic E-state index is -0.353. The molecule has 5 heteroatoms. The maximum absolute atomic E-state index is 13.1. The van der Waals surface area contributed by atoms with Crippen LogP contribution in [0.15, 0.2) is 35.1 Å². The van der Waals surface area contributed by atoms with E-state index in [2.05, 4.69) is 26.2 Å². The Balaban J connectivity index is 2.20. The molecule has 1 N–H and O–H groups in total. The Labute approximate surface area is 126 Å². The molecule has 2 aromatic rings. The van der Waals surface area contributed by atoms with E-state index in [0.717, 1.165) is 21.3 Å². The average Bonchev–Trinajstić information content (AvgIpc) is 2.38. The molecule has 0 atom stereocenters. The third kappa shape index (κ3) is 3.77. The Morgan fingerprint density at radius 1 is 1.30 bits per heavy atom. The van der Waals surface area contributed by atoms with Crippen LogP contribution in [0.2, 0.25) is 0 Å². The van der Waals surface area contributed by atoms with Gasteiger partial charge in [0.15, 0.2) is 0 Å². The SMILES string of the molecule is CNCc1cc(Br)cc(C)c1OCc1cncc(F)c1. The third-order valence-electron chi connectivity index (χ3n) is 2.83. The number of aromatic nitrogens is 1. The molecule has 1 heterocycles. The van der Waals surface area contributed by atoms with E-state index in [1.54, 1.807) is 6.20 Å². The van der Waals surface area contributed by atoms with Gasteiger partial charge >= 0.3 is 0 Å². The zero-order chi connectivity index (χ0) is 14.5. The zero-order valence-electron chi connectivity index (χ0n) is 11.4. The lowest BCUT2D eigenvalue weighted by Crippen LogP contribution is -2.09. The van der Waals surface area contributed by atoms with Gasteiger partial charge in [0.05, 0.1) is 6.20 Å². The molecule has 0 aliphatic rings. The number of hydrogen-bond donors (Lipinski definition) is 1. The standard InChI is InChI=1S/C15H16BrFN2O/c1-10-3-13(16)5-12(7-18-2)15(10)20-9-11-4-14(17)8-19-6-11/h3-6,8,18H,7,9H2,1-2H3. The molecule has 0 fully saturated rings. The Morgan fingerprint density at radius 2 is 2.10 bits per heavy atom. The number of benzene rings is 1. The van der Waals surface area contributed by atoms with E-state index >= 15 is 0 Å². The summed E-state index contributed by atoms with van der Waals surface area (Å²) in [5.74, 6) is 0.473. The first-order valence-electron chi connectivity index (χ1n) is 6.26. The highest BCUT2D eigenvalue weighted by Crippen LogP contribution is 2.28. The molecule has 2 rings (SSSR count). The third-order valence-corrected chi connectivity index (χ3v) is 3.29. The first kappa shape index (κ1) is 14.9. The zero-order valence-corrected chi connectivity index (χ0v) is 13.0. The first-order valence-corrected chi connectivity index (χ1v) is 7.05. The lowest BCUT2D eigenvalue weighted by atomic mass is 10.1. The van der Waals surface area contributed by atoms with Gasteiger partial charge in [0.2, 0.25) is 0 Å². The molecule has 3 nitrogen and oxygen atoms in total. The smallest absolute Gasteiger partial charge is 0.141 e. The molecule has 106 valence electrons. The fourth-order valence-electron chi connectivity index (χ4n) is 2.02. The number of nitrogens with zero attached hydrogens (tertiary/aromatic N) is 1. The van der Waals surface area contributed by atoms with Crippen LogP contribution in [0, 0.1) is 12.7 Å². The average molecular weight is 339 g/mol. The van der Waals surface area contributed by atoms with E-state index in [1.165, 1.54) is 12.3 Å². The topological polar surface area (TPSA) is 34.1 Å². The van der Waals surface area contributed by atoms with Gasteiger partial charge in [-0.3, -0.25) is 4.98 Å². The molecular formula is C15H16BrFN2O. The van der Waals surface area contributed by atoms with Crippen molar-refractivity contribution in [1.29, 1.82) is 0 Å². The lowest BCUT2D eigenvalue weighted by Gasteiger charge is -2.15. The van der Waals surface area contributed by atoms with Crippen LogP contribution in [-0.2, 0) is 13.2 Å². The summed E-state index contributed by atoms with van der Waals surface area (Å²) in [6, 6.07) is 5.44. The minimum Gasteiger partial charge on any atom is -0.488 e. The normalized spacial score (nSPS) is 10.6. The molecule has 0 radical (unpaired) electrons. The van der Waals surface area contributed by atoms with Gasteiger partial charge in [-0.15, -0.1) is 0 Å². The fourth-order valence-corrected chi connectivity index (χ4v) is 2.64. The van der Waals surface area contributed by atoms with Gasteiger partial charge in [-0.25, -0.2) is 4.39 Å². The minimum absolute atomic E-state index is 0.296. The molecule has 1 aromatic heterocycles. The largest absolute Gasteiger partial charge is 0.488 e.